The van der Waals surface area contributed by atoms with Gasteiger partial charge in [0.2, 0.25) is 5.91 Å². The van der Waals surface area contributed by atoms with Crippen molar-refractivity contribution in [1.29, 1.82) is 0 Å². The first-order valence-electron chi connectivity index (χ1n) is 10.1. The van der Waals surface area contributed by atoms with Crippen molar-refractivity contribution in [2.45, 2.75) is 24.6 Å². The summed E-state index contributed by atoms with van der Waals surface area (Å²) in [5.41, 5.74) is 0.0858. The zero-order chi connectivity index (χ0) is 23.8. The Morgan fingerprint density at radius 2 is 1.76 bits per heavy atom. The number of carbonyl (C=O) groups excluding carboxylic acids is 1. The van der Waals surface area contributed by atoms with Gasteiger partial charge in [0, 0.05) is 17.4 Å². The molecule has 1 atom stereocenters. The van der Waals surface area contributed by atoms with Crippen molar-refractivity contribution in [3.8, 4) is 11.1 Å². The molecule has 1 aliphatic heterocycles. The molecule has 2 aromatic carbocycles. The van der Waals surface area contributed by atoms with Gasteiger partial charge in [-0.15, -0.1) is 0 Å². The summed E-state index contributed by atoms with van der Waals surface area (Å²) in [6, 6.07) is 13.0. The zero-order valence-corrected chi connectivity index (χ0v) is 17.5. The van der Waals surface area contributed by atoms with E-state index in [0.29, 0.717) is 22.4 Å². The minimum Gasteiger partial charge on any atom is -0.389 e. The van der Waals surface area contributed by atoms with Crippen molar-refractivity contribution in [1.82, 2.24) is 4.98 Å². The summed E-state index contributed by atoms with van der Waals surface area (Å²) < 4.78 is 57.5. The molecule has 1 fully saturated rings. The van der Waals surface area contributed by atoms with Gasteiger partial charge in [0.05, 0.1) is 19.3 Å². The number of carbonyl (C=O) groups is 1. The van der Waals surface area contributed by atoms with Gasteiger partial charge in [0.25, 0.3) is 0 Å². The smallest absolute Gasteiger partial charge is 0.389 e. The van der Waals surface area contributed by atoms with E-state index in [1.54, 1.807) is 24.3 Å². The van der Waals surface area contributed by atoms with Crippen LogP contribution in [-0.4, -0.2) is 29.2 Å². The molecule has 1 aliphatic rings. The molecule has 1 aromatic heterocycles. The fraction of sp³-hybridized carbons (Fsp3) is 0.250. The van der Waals surface area contributed by atoms with Crippen LogP contribution in [0.2, 0.25) is 0 Å². The van der Waals surface area contributed by atoms with E-state index >= 15 is 0 Å². The molecule has 9 heteroatoms. The number of halogens is 4. The van der Waals surface area contributed by atoms with Crippen molar-refractivity contribution in [3.05, 3.63) is 83.4 Å². The molecule has 5 nitrogen and oxygen atoms in total. The molecule has 0 saturated carbocycles. The maximum absolute atomic E-state index is 13.1. The maximum atomic E-state index is 13.1. The number of nitrogens with zero attached hydrogens (tertiary/aromatic N) is 1. The first kappa shape index (κ1) is 22.9. The van der Waals surface area contributed by atoms with E-state index < -0.39 is 29.2 Å². The van der Waals surface area contributed by atoms with Crippen LogP contribution in [-0.2, 0) is 21.1 Å². The highest BCUT2D eigenvalue weighted by Gasteiger charge is 2.47. The van der Waals surface area contributed by atoms with Crippen molar-refractivity contribution in [3.63, 3.8) is 0 Å². The van der Waals surface area contributed by atoms with Gasteiger partial charge in [-0.1, -0.05) is 24.3 Å². The third kappa shape index (κ3) is 4.46. The minimum absolute atomic E-state index is 0.0980. The Labute approximate surface area is 187 Å². The molecule has 1 amide bonds. The lowest BCUT2D eigenvalue weighted by atomic mass is 9.77. The summed E-state index contributed by atoms with van der Waals surface area (Å²) in [6.07, 6.45) is -4.68. The highest BCUT2D eigenvalue weighted by molar-refractivity contribution is 6.00. The molecule has 33 heavy (non-hydrogen) atoms. The van der Waals surface area contributed by atoms with Gasteiger partial charge in [0.1, 0.15) is 16.9 Å². The average Bonchev–Trinajstić information content (AvgIpc) is 2.74. The number of pyridine rings is 1. The Morgan fingerprint density at radius 3 is 2.27 bits per heavy atom. The Hall–Kier alpha value is -3.30. The van der Waals surface area contributed by atoms with E-state index in [1.165, 1.54) is 31.2 Å². The zero-order valence-electron chi connectivity index (χ0n) is 17.5. The molecule has 2 heterocycles. The van der Waals surface area contributed by atoms with Crippen molar-refractivity contribution >= 4 is 11.6 Å². The lowest BCUT2D eigenvalue weighted by Gasteiger charge is -2.40. The second kappa shape index (κ2) is 8.57. The lowest BCUT2D eigenvalue weighted by molar-refractivity contribution is -0.141. The number of aromatic nitrogens is 1. The highest BCUT2D eigenvalue weighted by Crippen LogP contribution is 2.37. The molecule has 4 rings (SSSR count). The van der Waals surface area contributed by atoms with E-state index in [4.69, 9.17) is 4.74 Å². The topological polar surface area (TPSA) is 71.5 Å². The normalized spacial score (nSPS) is 16.1. The highest BCUT2D eigenvalue weighted by atomic mass is 19.4. The van der Waals surface area contributed by atoms with Gasteiger partial charge in [-0.2, -0.15) is 13.2 Å². The van der Waals surface area contributed by atoms with E-state index in [0.717, 1.165) is 12.3 Å². The number of amides is 1. The van der Waals surface area contributed by atoms with E-state index in [1.807, 2.05) is 0 Å². The number of benzene rings is 2. The van der Waals surface area contributed by atoms with Crippen LogP contribution in [0.15, 0.2) is 60.8 Å². The van der Waals surface area contributed by atoms with Gasteiger partial charge in [-0.05, 0) is 53.9 Å². The van der Waals surface area contributed by atoms with Crippen LogP contribution < -0.4 is 5.32 Å². The summed E-state index contributed by atoms with van der Waals surface area (Å²) in [6.45, 7) is 1.69. The largest absolute Gasteiger partial charge is 0.433 e. The molecular weight excluding hydrogens is 440 g/mol. The SMILES string of the molecule is C[C@H](O)c1cc(C(F)(F)F)ncc1-c1ccc(C2(C(=O)Nc3ccc(F)cc3)COC2)cc1. The maximum Gasteiger partial charge on any atom is 0.433 e. The molecule has 172 valence electrons. The number of rotatable bonds is 5. The fourth-order valence-corrected chi connectivity index (χ4v) is 3.70. The molecule has 0 aliphatic carbocycles. The van der Waals surface area contributed by atoms with Gasteiger partial charge in [0.15, 0.2) is 0 Å². The first-order chi connectivity index (χ1) is 15.6. The average molecular weight is 460 g/mol. The predicted octanol–water partition coefficient (Wildman–Crippen LogP) is 4.87. The van der Waals surface area contributed by atoms with Gasteiger partial charge < -0.3 is 15.2 Å². The first-order valence-corrected chi connectivity index (χ1v) is 10.1. The third-order valence-electron chi connectivity index (χ3n) is 5.66. The van der Waals surface area contributed by atoms with Crippen molar-refractivity contribution in [2.24, 2.45) is 0 Å². The van der Waals surface area contributed by atoms with Crippen LogP contribution in [0.1, 0.15) is 29.8 Å². The second-order valence-electron chi connectivity index (χ2n) is 7.94. The van der Waals surface area contributed by atoms with Gasteiger partial charge in [-0.25, -0.2) is 4.39 Å². The molecule has 3 aromatic rings. The Bertz CT molecular complexity index is 1160. The van der Waals surface area contributed by atoms with E-state index in [2.05, 4.69) is 10.3 Å². The molecular formula is C24H20F4N2O3. The summed E-state index contributed by atoms with van der Waals surface area (Å²) >= 11 is 0. The Kier molecular flexibility index (Phi) is 5.94. The number of hydrogen-bond acceptors (Lipinski definition) is 4. The van der Waals surface area contributed by atoms with Crippen LogP contribution in [0.5, 0.6) is 0 Å². The van der Waals surface area contributed by atoms with Crippen molar-refractivity contribution in [2.75, 3.05) is 18.5 Å². The quantitative estimate of drug-likeness (QED) is 0.533. The number of ether oxygens (including phenoxy) is 1. The van der Waals surface area contributed by atoms with E-state index in [-0.39, 0.29) is 24.7 Å². The number of aliphatic hydroxyl groups excluding tert-OH is 1. The summed E-state index contributed by atoms with van der Waals surface area (Å²) in [5, 5.41) is 12.8. The van der Waals surface area contributed by atoms with Crippen LogP contribution >= 0.6 is 0 Å². The minimum atomic E-state index is -4.62. The standard InChI is InChI=1S/C24H20F4N2O3/c1-14(31)19-10-21(24(26,27)28)29-11-20(19)15-2-4-16(5-3-15)23(12-33-13-23)22(32)30-18-8-6-17(25)7-9-18/h2-11,14,31H,12-13H2,1H3,(H,30,32)/t14-/m0/s1. The molecule has 0 bridgehead atoms. The summed E-state index contributed by atoms with van der Waals surface area (Å²) in [4.78, 5) is 16.5. The predicted molar refractivity (Wildman–Crippen MR) is 113 cm³/mol. The van der Waals surface area contributed by atoms with Gasteiger partial charge in [-0.3, -0.25) is 9.78 Å². The van der Waals surface area contributed by atoms with E-state index in [9.17, 15) is 27.5 Å². The van der Waals surface area contributed by atoms with Gasteiger partial charge >= 0.3 is 6.18 Å². The number of hydrogen-bond donors (Lipinski definition) is 2. The number of anilines is 1. The lowest BCUT2D eigenvalue weighted by Crippen LogP contribution is -2.55. The molecule has 2 N–H and O–H groups in total. The van der Waals surface area contributed by atoms with Crippen LogP contribution in [0.3, 0.4) is 0 Å². The second-order valence-corrected chi connectivity index (χ2v) is 7.94. The molecule has 0 radical (unpaired) electrons. The molecule has 0 spiro atoms. The molecule has 0 unspecified atom stereocenters. The fourth-order valence-electron chi connectivity index (χ4n) is 3.70. The number of nitrogens with one attached hydrogen (secondary N) is 1. The van der Waals surface area contributed by atoms with Crippen LogP contribution in [0, 0.1) is 5.82 Å². The Morgan fingerprint density at radius 1 is 1.12 bits per heavy atom. The Balaban J connectivity index is 1.62. The number of alkyl halides is 3. The number of aliphatic hydroxyl groups is 1. The van der Waals surface area contributed by atoms with Crippen LogP contribution in [0.25, 0.3) is 11.1 Å². The molecule has 1 saturated heterocycles. The monoisotopic (exact) mass is 460 g/mol. The van der Waals surface area contributed by atoms with Crippen molar-refractivity contribution < 1.29 is 32.2 Å². The summed E-state index contributed by atoms with van der Waals surface area (Å²) in [5.74, 6) is -0.728. The van der Waals surface area contributed by atoms with Crippen LogP contribution in [0.4, 0.5) is 23.2 Å². The summed E-state index contributed by atoms with van der Waals surface area (Å²) in [7, 11) is 0. The third-order valence-corrected chi connectivity index (χ3v) is 5.66.